The quantitative estimate of drug-likeness (QED) is 0.662. The van der Waals surface area contributed by atoms with Crippen LogP contribution in [0.2, 0.25) is 0 Å². The molecule has 0 aliphatic carbocycles. The number of hydrogen-bond acceptors (Lipinski definition) is 3. The molecule has 0 atom stereocenters. The Balaban J connectivity index is 1.75. The van der Waals surface area contributed by atoms with E-state index in [1.807, 2.05) is 25.1 Å². The second kappa shape index (κ2) is 8.33. The molecule has 0 saturated heterocycles. The monoisotopic (exact) mass is 398 g/mol. The summed E-state index contributed by atoms with van der Waals surface area (Å²) in [7, 11) is -3.83. The molecule has 0 aliphatic heterocycles. The molecule has 0 spiro atoms. The number of rotatable bonds is 6. The van der Waals surface area contributed by atoms with Crippen LogP contribution in [0.15, 0.2) is 77.7 Å². The average Bonchev–Trinajstić information content (AvgIpc) is 2.69. The largest absolute Gasteiger partial charge is 0.322 e. The number of benzene rings is 3. The van der Waals surface area contributed by atoms with Crippen molar-refractivity contribution in [3.63, 3.8) is 0 Å². The zero-order valence-electron chi connectivity index (χ0n) is 15.1. The first-order chi connectivity index (χ1) is 13.3. The molecule has 0 saturated carbocycles. The summed E-state index contributed by atoms with van der Waals surface area (Å²) in [6.45, 7) is 1.89. The summed E-state index contributed by atoms with van der Waals surface area (Å²) in [5.41, 5.74) is 2.42. The van der Waals surface area contributed by atoms with Gasteiger partial charge in [-0.3, -0.25) is 4.79 Å². The van der Waals surface area contributed by atoms with Gasteiger partial charge in [0, 0.05) is 17.8 Å². The molecule has 3 aromatic carbocycles. The number of halogens is 1. The minimum atomic E-state index is -3.83. The van der Waals surface area contributed by atoms with Crippen LogP contribution in [0.1, 0.15) is 21.5 Å². The first kappa shape index (κ1) is 19.7. The molecule has 28 heavy (non-hydrogen) atoms. The average molecular weight is 398 g/mol. The highest BCUT2D eigenvalue weighted by Crippen LogP contribution is 2.17. The molecule has 0 radical (unpaired) electrons. The van der Waals surface area contributed by atoms with Crippen molar-refractivity contribution in [2.24, 2.45) is 0 Å². The lowest BCUT2D eigenvalue weighted by Gasteiger charge is -2.10. The Kier molecular flexibility index (Phi) is 5.87. The van der Waals surface area contributed by atoms with E-state index in [4.69, 9.17) is 0 Å². The second-order valence-corrected chi connectivity index (χ2v) is 8.01. The predicted octanol–water partition coefficient (Wildman–Crippen LogP) is 3.86. The van der Waals surface area contributed by atoms with Crippen LogP contribution in [0.25, 0.3) is 0 Å². The number of hydrogen-bond donors (Lipinski definition) is 2. The maximum Gasteiger partial charge on any atom is 0.255 e. The summed E-state index contributed by atoms with van der Waals surface area (Å²) in [4.78, 5) is 12.5. The van der Waals surface area contributed by atoms with Crippen molar-refractivity contribution in [3.05, 3.63) is 95.3 Å². The van der Waals surface area contributed by atoms with Gasteiger partial charge in [-0.2, -0.15) is 0 Å². The van der Waals surface area contributed by atoms with Crippen LogP contribution in [0.5, 0.6) is 0 Å². The maximum absolute atomic E-state index is 13.0. The first-order valence-electron chi connectivity index (χ1n) is 8.56. The van der Waals surface area contributed by atoms with E-state index in [1.165, 1.54) is 42.5 Å². The molecule has 0 aliphatic rings. The Morgan fingerprint density at radius 1 is 0.964 bits per heavy atom. The summed E-state index contributed by atoms with van der Waals surface area (Å²) < 4.78 is 40.5. The molecular weight excluding hydrogens is 379 g/mol. The van der Waals surface area contributed by atoms with Crippen LogP contribution in [-0.2, 0) is 16.6 Å². The summed E-state index contributed by atoms with van der Waals surface area (Å²) in [6.07, 6.45) is 0. The van der Waals surface area contributed by atoms with Crippen LogP contribution in [0, 0.1) is 12.7 Å². The Morgan fingerprint density at radius 2 is 1.68 bits per heavy atom. The minimum absolute atomic E-state index is 0.0161. The maximum atomic E-state index is 13.0. The van der Waals surface area contributed by atoms with Crippen molar-refractivity contribution >= 4 is 21.6 Å². The first-order valence-corrected chi connectivity index (χ1v) is 10.0. The third-order valence-electron chi connectivity index (χ3n) is 4.18. The molecule has 0 unspecified atom stereocenters. The van der Waals surface area contributed by atoms with Gasteiger partial charge in [-0.1, -0.05) is 36.4 Å². The fourth-order valence-corrected chi connectivity index (χ4v) is 3.64. The van der Waals surface area contributed by atoms with Crippen molar-refractivity contribution in [2.45, 2.75) is 18.4 Å². The van der Waals surface area contributed by atoms with Gasteiger partial charge >= 0.3 is 0 Å². The molecule has 1 amide bonds. The zero-order valence-corrected chi connectivity index (χ0v) is 16.0. The lowest BCUT2D eigenvalue weighted by Crippen LogP contribution is -2.23. The van der Waals surface area contributed by atoms with Crippen molar-refractivity contribution < 1.29 is 17.6 Å². The van der Waals surface area contributed by atoms with E-state index in [0.717, 1.165) is 5.56 Å². The SMILES string of the molecule is Cc1ccccc1NC(=O)c1cccc(S(=O)(=O)NCc2ccc(F)cc2)c1. The van der Waals surface area contributed by atoms with Gasteiger partial charge in [-0.05, 0) is 54.4 Å². The van der Waals surface area contributed by atoms with E-state index in [2.05, 4.69) is 10.0 Å². The number of amides is 1. The summed E-state index contributed by atoms with van der Waals surface area (Å²) in [5, 5.41) is 2.78. The zero-order chi connectivity index (χ0) is 20.1. The van der Waals surface area contributed by atoms with Gasteiger partial charge in [0.15, 0.2) is 0 Å². The lowest BCUT2D eigenvalue weighted by molar-refractivity contribution is 0.102. The van der Waals surface area contributed by atoms with Crippen LogP contribution in [-0.4, -0.2) is 14.3 Å². The molecule has 3 aromatic rings. The fourth-order valence-electron chi connectivity index (χ4n) is 2.58. The summed E-state index contributed by atoms with van der Waals surface area (Å²) in [6, 6.07) is 18.7. The normalized spacial score (nSPS) is 11.2. The number of carbonyl (C=O) groups excluding carboxylic acids is 1. The number of aryl methyl sites for hydroxylation is 1. The molecule has 0 aromatic heterocycles. The minimum Gasteiger partial charge on any atom is -0.322 e. The lowest BCUT2D eigenvalue weighted by atomic mass is 10.1. The summed E-state index contributed by atoms with van der Waals surface area (Å²) >= 11 is 0. The van der Waals surface area contributed by atoms with E-state index in [1.54, 1.807) is 12.1 Å². The Morgan fingerprint density at radius 3 is 2.39 bits per heavy atom. The molecule has 0 fully saturated rings. The highest BCUT2D eigenvalue weighted by Gasteiger charge is 2.16. The molecule has 7 heteroatoms. The topological polar surface area (TPSA) is 75.3 Å². The Labute approximate surface area is 163 Å². The van der Waals surface area contributed by atoms with Crippen LogP contribution >= 0.6 is 0 Å². The highest BCUT2D eigenvalue weighted by atomic mass is 32.2. The standard InChI is InChI=1S/C21H19FN2O3S/c1-15-5-2-3-8-20(15)24-21(25)17-6-4-7-19(13-17)28(26,27)23-14-16-9-11-18(22)12-10-16/h2-13,23H,14H2,1H3,(H,24,25). The second-order valence-electron chi connectivity index (χ2n) is 6.25. The van der Waals surface area contributed by atoms with Gasteiger partial charge < -0.3 is 5.32 Å². The van der Waals surface area contributed by atoms with Crippen molar-refractivity contribution in [2.75, 3.05) is 5.32 Å². The summed E-state index contributed by atoms with van der Waals surface area (Å²) in [5.74, 6) is -0.788. The van der Waals surface area contributed by atoms with E-state index in [-0.39, 0.29) is 22.8 Å². The molecule has 0 bridgehead atoms. The van der Waals surface area contributed by atoms with Crippen molar-refractivity contribution in [3.8, 4) is 0 Å². The van der Waals surface area contributed by atoms with Crippen LogP contribution in [0.4, 0.5) is 10.1 Å². The molecular formula is C21H19FN2O3S. The Bertz CT molecular complexity index is 1100. The van der Waals surface area contributed by atoms with Gasteiger partial charge in [-0.15, -0.1) is 0 Å². The number of nitrogens with one attached hydrogen (secondary N) is 2. The smallest absolute Gasteiger partial charge is 0.255 e. The number of anilines is 1. The van der Waals surface area contributed by atoms with Gasteiger partial charge in [0.05, 0.1) is 4.90 Å². The molecule has 144 valence electrons. The fraction of sp³-hybridized carbons (Fsp3) is 0.0952. The van der Waals surface area contributed by atoms with Crippen LogP contribution in [0.3, 0.4) is 0 Å². The van der Waals surface area contributed by atoms with Gasteiger partial charge in [0.2, 0.25) is 10.0 Å². The van der Waals surface area contributed by atoms with Gasteiger partial charge in [0.1, 0.15) is 5.82 Å². The predicted molar refractivity (Wildman–Crippen MR) is 106 cm³/mol. The van der Waals surface area contributed by atoms with Gasteiger partial charge in [-0.25, -0.2) is 17.5 Å². The molecule has 0 heterocycles. The van der Waals surface area contributed by atoms with E-state index in [9.17, 15) is 17.6 Å². The molecule has 3 rings (SSSR count). The van der Waals surface area contributed by atoms with Crippen molar-refractivity contribution in [1.82, 2.24) is 4.72 Å². The van der Waals surface area contributed by atoms with E-state index in [0.29, 0.717) is 11.3 Å². The van der Waals surface area contributed by atoms with Crippen molar-refractivity contribution in [1.29, 1.82) is 0 Å². The van der Waals surface area contributed by atoms with E-state index >= 15 is 0 Å². The third kappa shape index (κ3) is 4.82. The van der Waals surface area contributed by atoms with Crippen LogP contribution < -0.4 is 10.0 Å². The number of sulfonamides is 1. The van der Waals surface area contributed by atoms with E-state index < -0.39 is 15.9 Å². The highest BCUT2D eigenvalue weighted by molar-refractivity contribution is 7.89. The molecule has 5 nitrogen and oxygen atoms in total. The third-order valence-corrected chi connectivity index (χ3v) is 5.58. The Hall–Kier alpha value is -3.03. The number of para-hydroxylation sites is 1. The molecule has 2 N–H and O–H groups in total. The van der Waals surface area contributed by atoms with Gasteiger partial charge in [0.25, 0.3) is 5.91 Å². The number of carbonyl (C=O) groups is 1.